The van der Waals surface area contributed by atoms with Crippen molar-refractivity contribution in [3.8, 4) is 0 Å². The largest absolute Gasteiger partial charge is 1.00 e. The molecular formula is C9H21NaSSi. The van der Waals surface area contributed by atoms with E-state index in [1.165, 1.54) is 0 Å². The summed E-state index contributed by atoms with van der Waals surface area (Å²) in [5, 5.41) is 0. The van der Waals surface area contributed by atoms with Gasteiger partial charge in [-0.25, -0.2) is 0 Å². The van der Waals surface area contributed by atoms with E-state index in [4.69, 9.17) is 12.1 Å². The Bertz CT molecular complexity index is 102. The molecule has 0 saturated heterocycles. The number of hydrogen-bond acceptors (Lipinski definition) is 1. The first-order chi connectivity index (χ1) is 4.83. The first-order valence-electron chi connectivity index (χ1n) is 4.53. The van der Waals surface area contributed by atoms with Gasteiger partial charge in [-0.1, -0.05) is 65.4 Å². The second-order valence-electron chi connectivity index (χ2n) is 4.32. The number of hydrogen-bond donors (Lipinski definition) is 0. The summed E-state index contributed by atoms with van der Waals surface area (Å²) in [7, 11) is -1.40. The summed E-state index contributed by atoms with van der Waals surface area (Å²) in [6, 6.07) is 0. The fourth-order valence-electron chi connectivity index (χ4n) is 2.00. The normalized spacial score (nSPS) is 12.5. The molecule has 0 aliphatic rings. The molecule has 0 aliphatic carbocycles. The zero-order valence-electron chi connectivity index (χ0n) is 9.64. The molecule has 3 heteroatoms. The van der Waals surface area contributed by atoms with Gasteiger partial charge in [0.15, 0.2) is 0 Å². The maximum atomic E-state index is 5.81. The zero-order chi connectivity index (χ0) is 9.23. The molecule has 0 bridgehead atoms. The van der Waals surface area contributed by atoms with Gasteiger partial charge in [0.2, 0.25) is 0 Å². The van der Waals surface area contributed by atoms with Gasteiger partial charge in [0, 0.05) is 0 Å². The minimum atomic E-state index is -1.40. The van der Waals surface area contributed by atoms with Crippen molar-refractivity contribution in [3.05, 3.63) is 0 Å². The first-order valence-corrected chi connectivity index (χ1v) is 7.90. The molecule has 0 atom stereocenters. The maximum Gasteiger partial charge on any atom is 1.00 e. The minimum absolute atomic E-state index is 0. The van der Waals surface area contributed by atoms with E-state index in [-0.39, 0.29) is 29.6 Å². The third kappa shape index (κ3) is 3.37. The van der Waals surface area contributed by atoms with Crippen molar-refractivity contribution in [1.29, 1.82) is 0 Å². The maximum absolute atomic E-state index is 5.81. The zero-order valence-corrected chi connectivity index (χ0v) is 13.5. The molecule has 0 amide bonds. The molecule has 0 aliphatic heterocycles. The van der Waals surface area contributed by atoms with Crippen LogP contribution in [-0.2, 0) is 12.1 Å². The summed E-state index contributed by atoms with van der Waals surface area (Å²) in [5.74, 6) is 0. The molecule has 0 aromatic rings. The molecule has 0 fully saturated rings. The molecule has 0 aromatic carbocycles. The van der Waals surface area contributed by atoms with Crippen molar-refractivity contribution < 1.29 is 29.6 Å². The van der Waals surface area contributed by atoms with Gasteiger partial charge in [-0.15, -0.1) is 0 Å². The van der Waals surface area contributed by atoms with Crippen LogP contribution in [0.3, 0.4) is 0 Å². The fraction of sp³-hybridized carbons (Fsp3) is 1.00. The molecule has 0 aromatic heterocycles. The molecule has 0 rings (SSSR count). The van der Waals surface area contributed by atoms with Crippen LogP contribution in [0.4, 0.5) is 0 Å². The Balaban J connectivity index is 0. The average Bonchev–Trinajstić information content (AvgIpc) is 1.84. The molecule has 0 saturated carbocycles. The van der Waals surface area contributed by atoms with E-state index in [0.29, 0.717) is 0 Å². The third-order valence-corrected chi connectivity index (χ3v) is 12.4. The van der Waals surface area contributed by atoms with Gasteiger partial charge in [-0.2, -0.15) is 0 Å². The van der Waals surface area contributed by atoms with Crippen molar-refractivity contribution in [2.75, 3.05) is 0 Å². The average molecular weight is 212 g/mol. The van der Waals surface area contributed by atoms with Crippen LogP contribution in [-0.4, -0.2) is 7.22 Å². The Morgan fingerprint density at radius 2 is 0.917 bits per heavy atom. The molecule has 0 heterocycles. The van der Waals surface area contributed by atoms with Gasteiger partial charge < -0.3 is 12.1 Å². The van der Waals surface area contributed by atoms with E-state index in [1.807, 2.05) is 0 Å². The van der Waals surface area contributed by atoms with Gasteiger partial charge in [0.05, 0.1) is 0 Å². The van der Waals surface area contributed by atoms with Crippen LogP contribution in [0.15, 0.2) is 0 Å². The fourth-order valence-corrected chi connectivity index (χ4v) is 6.00. The van der Waals surface area contributed by atoms with E-state index in [1.54, 1.807) is 0 Å². The van der Waals surface area contributed by atoms with Gasteiger partial charge in [0.1, 0.15) is 0 Å². The van der Waals surface area contributed by atoms with Crippen LogP contribution in [0.1, 0.15) is 41.5 Å². The van der Waals surface area contributed by atoms with Crippen LogP contribution in [0.25, 0.3) is 0 Å². The molecule has 0 N–H and O–H groups in total. The summed E-state index contributed by atoms with van der Waals surface area (Å²) in [5.41, 5.74) is 2.20. The van der Waals surface area contributed by atoms with Gasteiger partial charge in [0.25, 0.3) is 0 Å². The van der Waals surface area contributed by atoms with Crippen LogP contribution in [0.2, 0.25) is 16.6 Å². The smallest absolute Gasteiger partial charge is 0.795 e. The number of rotatable bonds is 3. The van der Waals surface area contributed by atoms with Crippen molar-refractivity contribution in [3.63, 3.8) is 0 Å². The molecule has 0 spiro atoms. The predicted octanol–water partition coefficient (Wildman–Crippen LogP) is 0.713. The Hall–Kier alpha value is 1.57. The summed E-state index contributed by atoms with van der Waals surface area (Å²) in [6.45, 7) is 13.7. The summed E-state index contributed by atoms with van der Waals surface area (Å²) < 4.78 is 0. The van der Waals surface area contributed by atoms with Gasteiger partial charge in [-0.05, 0) is 0 Å². The topological polar surface area (TPSA) is 0 Å². The van der Waals surface area contributed by atoms with E-state index in [0.717, 1.165) is 16.6 Å². The quantitative estimate of drug-likeness (QED) is 0.490. The minimum Gasteiger partial charge on any atom is -0.795 e. The van der Waals surface area contributed by atoms with E-state index >= 15 is 0 Å². The van der Waals surface area contributed by atoms with E-state index < -0.39 is 7.22 Å². The molecule has 0 nitrogen and oxygen atoms in total. The van der Waals surface area contributed by atoms with Crippen LogP contribution >= 0.6 is 0 Å². The Morgan fingerprint density at radius 3 is 0.917 bits per heavy atom. The molecule has 0 radical (unpaired) electrons. The molecule has 68 valence electrons. The van der Waals surface area contributed by atoms with E-state index in [9.17, 15) is 0 Å². The predicted molar refractivity (Wildman–Crippen MR) is 58.4 cm³/mol. The Morgan fingerprint density at radius 1 is 0.750 bits per heavy atom. The SMILES string of the molecule is CC(C)[Si]([S-])(C(C)C)C(C)C.[Na+]. The molecular weight excluding hydrogens is 191 g/mol. The summed E-state index contributed by atoms with van der Waals surface area (Å²) in [6.07, 6.45) is 0. The van der Waals surface area contributed by atoms with Crippen molar-refractivity contribution in [2.45, 2.75) is 58.2 Å². The van der Waals surface area contributed by atoms with Crippen molar-refractivity contribution in [1.82, 2.24) is 0 Å². The molecule has 12 heavy (non-hydrogen) atoms. The standard InChI is InChI=1S/C9H21SSi.Na/c1-7(2)11(10,8(3)4)9(5)6;/h7-9H,1-6H3;/q-1;+1. The van der Waals surface area contributed by atoms with Crippen molar-refractivity contribution in [2.24, 2.45) is 0 Å². The van der Waals surface area contributed by atoms with Crippen LogP contribution in [0.5, 0.6) is 0 Å². The third-order valence-electron chi connectivity index (χ3n) is 2.71. The first kappa shape index (κ1) is 16.0. The van der Waals surface area contributed by atoms with Crippen LogP contribution in [0, 0.1) is 0 Å². The second kappa shape index (κ2) is 6.13. The Labute approximate surface area is 106 Å². The van der Waals surface area contributed by atoms with Crippen molar-refractivity contribution >= 4 is 19.3 Å². The summed E-state index contributed by atoms with van der Waals surface area (Å²) >= 11 is 5.81. The van der Waals surface area contributed by atoms with Gasteiger partial charge in [-0.3, -0.25) is 0 Å². The van der Waals surface area contributed by atoms with Gasteiger partial charge >= 0.3 is 29.6 Å². The van der Waals surface area contributed by atoms with E-state index in [2.05, 4.69) is 41.5 Å². The Kier molecular flexibility index (Phi) is 8.18. The second-order valence-corrected chi connectivity index (χ2v) is 11.6. The van der Waals surface area contributed by atoms with Crippen LogP contribution < -0.4 is 29.6 Å². The summed E-state index contributed by atoms with van der Waals surface area (Å²) in [4.78, 5) is 0. The monoisotopic (exact) mass is 212 g/mol. The molecule has 0 unspecified atom stereocenters.